The quantitative estimate of drug-likeness (QED) is 0.351. The average molecular weight is 470 g/mol. The second-order valence-electron chi connectivity index (χ2n) is 5.86. The number of aliphatic hydroxyl groups is 1. The van der Waals surface area contributed by atoms with E-state index in [-0.39, 0.29) is 35.9 Å². The topological polar surface area (TPSA) is 56.7 Å². The van der Waals surface area contributed by atoms with E-state index in [0.717, 1.165) is 38.2 Å². The number of benzene rings is 1. The van der Waals surface area contributed by atoms with Gasteiger partial charge in [-0.2, -0.15) is 0 Å². The van der Waals surface area contributed by atoms with Gasteiger partial charge in [-0.15, -0.1) is 24.0 Å². The Balaban J connectivity index is 0.00000288. The molecule has 3 N–H and O–H groups in total. The number of rotatable bonds is 5. The van der Waals surface area contributed by atoms with Crippen LogP contribution in [0, 0.1) is 5.82 Å². The summed E-state index contributed by atoms with van der Waals surface area (Å²) < 4.78 is 13.7. The van der Waals surface area contributed by atoms with Crippen LogP contribution in [-0.4, -0.2) is 36.3 Å². The van der Waals surface area contributed by atoms with Crippen molar-refractivity contribution in [3.05, 3.63) is 34.6 Å². The van der Waals surface area contributed by atoms with Crippen molar-refractivity contribution < 1.29 is 9.50 Å². The normalized spacial score (nSPS) is 21.1. The minimum absolute atomic E-state index is 0. The lowest BCUT2D eigenvalue weighted by Gasteiger charge is -2.27. The predicted molar refractivity (Wildman–Crippen MR) is 108 cm³/mol. The molecule has 0 amide bonds. The number of hydrogen-bond acceptors (Lipinski definition) is 2. The summed E-state index contributed by atoms with van der Waals surface area (Å²) in [6.07, 6.45) is 3.81. The number of aliphatic hydroxyl groups excluding tert-OH is 1. The highest BCUT2D eigenvalue weighted by atomic mass is 127. The van der Waals surface area contributed by atoms with Gasteiger partial charge in [-0.25, -0.2) is 4.39 Å². The minimum Gasteiger partial charge on any atom is -0.393 e. The lowest BCUT2D eigenvalue weighted by atomic mass is 9.93. The Morgan fingerprint density at radius 3 is 2.67 bits per heavy atom. The number of guanidine groups is 1. The standard InChI is InChI=1S/C17H25ClFN3O.HI/c1-2-20-17(22-12-6-8-13(23)9-7-12)21-11-10-14-15(18)4-3-5-16(14)19;/h3-5,12-13,23H,2,6-11H2,1H3,(H2,20,21,22);1H. The molecule has 136 valence electrons. The Morgan fingerprint density at radius 1 is 1.33 bits per heavy atom. The molecule has 1 fully saturated rings. The van der Waals surface area contributed by atoms with Crippen LogP contribution in [0.2, 0.25) is 5.02 Å². The van der Waals surface area contributed by atoms with Crippen LogP contribution < -0.4 is 10.6 Å². The summed E-state index contributed by atoms with van der Waals surface area (Å²) in [4.78, 5) is 4.51. The molecule has 1 saturated carbocycles. The number of halogens is 3. The zero-order chi connectivity index (χ0) is 16.7. The summed E-state index contributed by atoms with van der Waals surface area (Å²) in [5.41, 5.74) is 0.509. The van der Waals surface area contributed by atoms with Gasteiger partial charge in [0.1, 0.15) is 5.82 Å². The third-order valence-corrected chi connectivity index (χ3v) is 4.43. The van der Waals surface area contributed by atoms with E-state index < -0.39 is 0 Å². The van der Waals surface area contributed by atoms with E-state index in [2.05, 4.69) is 15.6 Å². The highest BCUT2D eigenvalue weighted by Crippen LogP contribution is 2.20. The van der Waals surface area contributed by atoms with Gasteiger partial charge in [-0.1, -0.05) is 17.7 Å². The molecule has 1 aliphatic rings. The van der Waals surface area contributed by atoms with Crippen molar-refractivity contribution in [3.63, 3.8) is 0 Å². The Hall–Kier alpha value is -0.600. The molecule has 7 heteroatoms. The van der Waals surface area contributed by atoms with Gasteiger partial charge in [0.2, 0.25) is 0 Å². The molecule has 4 nitrogen and oxygen atoms in total. The molecule has 0 atom stereocenters. The lowest BCUT2D eigenvalue weighted by Crippen LogP contribution is -2.45. The van der Waals surface area contributed by atoms with Crippen molar-refractivity contribution in [2.24, 2.45) is 4.99 Å². The van der Waals surface area contributed by atoms with Gasteiger partial charge in [-0.05, 0) is 51.2 Å². The summed E-state index contributed by atoms with van der Waals surface area (Å²) in [5, 5.41) is 16.6. The van der Waals surface area contributed by atoms with Crippen LogP contribution in [0.3, 0.4) is 0 Å². The first kappa shape index (κ1) is 21.4. The molecule has 0 aliphatic heterocycles. The molecule has 0 saturated heterocycles. The number of nitrogens with one attached hydrogen (secondary N) is 2. The van der Waals surface area contributed by atoms with Gasteiger partial charge in [0, 0.05) is 29.7 Å². The molecular weight excluding hydrogens is 444 g/mol. The molecule has 0 radical (unpaired) electrons. The van der Waals surface area contributed by atoms with Crippen LogP contribution in [0.5, 0.6) is 0 Å². The van der Waals surface area contributed by atoms with Crippen molar-refractivity contribution in [3.8, 4) is 0 Å². The molecule has 0 spiro atoms. The van der Waals surface area contributed by atoms with Crippen molar-refractivity contribution in [2.75, 3.05) is 13.1 Å². The van der Waals surface area contributed by atoms with E-state index in [1.54, 1.807) is 12.1 Å². The van der Waals surface area contributed by atoms with E-state index in [0.29, 0.717) is 29.6 Å². The molecule has 0 heterocycles. The van der Waals surface area contributed by atoms with Crippen molar-refractivity contribution in [1.29, 1.82) is 0 Å². The number of hydrogen-bond donors (Lipinski definition) is 3. The fourth-order valence-corrected chi connectivity index (χ4v) is 3.04. The first-order valence-corrected chi connectivity index (χ1v) is 8.63. The third-order valence-electron chi connectivity index (χ3n) is 4.08. The van der Waals surface area contributed by atoms with Gasteiger partial charge in [-0.3, -0.25) is 4.99 Å². The Labute approximate surface area is 165 Å². The maximum atomic E-state index is 13.7. The van der Waals surface area contributed by atoms with E-state index in [4.69, 9.17) is 11.6 Å². The van der Waals surface area contributed by atoms with E-state index >= 15 is 0 Å². The first-order valence-electron chi connectivity index (χ1n) is 8.26. The fourth-order valence-electron chi connectivity index (χ4n) is 2.78. The molecule has 1 aromatic rings. The summed E-state index contributed by atoms with van der Waals surface area (Å²) in [7, 11) is 0. The Kier molecular flexibility index (Phi) is 9.92. The SMILES string of the molecule is CCNC(=NCCc1c(F)cccc1Cl)NC1CCC(O)CC1.I. The zero-order valence-corrected chi connectivity index (χ0v) is 17.0. The average Bonchev–Trinajstić information content (AvgIpc) is 2.52. The number of aliphatic imine (C=N–C) groups is 1. The molecule has 0 aromatic heterocycles. The van der Waals surface area contributed by atoms with E-state index in [1.807, 2.05) is 6.92 Å². The smallest absolute Gasteiger partial charge is 0.191 e. The van der Waals surface area contributed by atoms with Crippen LogP contribution in [-0.2, 0) is 6.42 Å². The van der Waals surface area contributed by atoms with Gasteiger partial charge < -0.3 is 15.7 Å². The Morgan fingerprint density at radius 2 is 2.04 bits per heavy atom. The molecule has 0 bridgehead atoms. The molecular formula is C17H26ClFIN3O. The number of nitrogens with zero attached hydrogens (tertiary/aromatic N) is 1. The van der Waals surface area contributed by atoms with E-state index in [9.17, 15) is 9.50 Å². The summed E-state index contributed by atoms with van der Waals surface area (Å²) in [6, 6.07) is 5.05. The molecule has 24 heavy (non-hydrogen) atoms. The minimum atomic E-state index is -0.285. The largest absolute Gasteiger partial charge is 0.393 e. The van der Waals surface area contributed by atoms with Gasteiger partial charge >= 0.3 is 0 Å². The molecule has 1 aromatic carbocycles. The molecule has 0 unspecified atom stereocenters. The third kappa shape index (κ3) is 6.72. The van der Waals surface area contributed by atoms with Crippen LogP contribution >= 0.6 is 35.6 Å². The monoisotopic (exact) mass is 469 g/mol. The second-order valence-corrected chi connectivity index (χ2v) is 6.27. The van der Waals surface area contributed by atoms with Crippen molar-refractivity contribution in [1.82, 2.24) is 10.6 Å². The Bertz CT molecular complexity index is 516. The zero-order valence-electron chi connectivity index (χ0n) is 13.9. The highest BCUT2D eigenvalue weighted by Gasteiger charge is 2.19. The first-order chi connectivity index (χ1) is 11.1. The molecule has 1 aliphatic carbocycles. The summed E-state index contributed by atoms with van der Waals surface area (Å²) in [6.45, 7) is 3.24. The van der Waals surface area contributed by atoms with E-state index in [1.165, 1.54) is 6.07 Å². The summed E-state index contributed by atoms with van der Waals surface area (Å²) >= 11 is 6.03. The van der Waals surface area contributed by atoms with Crippen LogP contribution in [0.25, 0.3) is 0 Å². The second kappa shape index (κ2) is 11.1. The lowest BCUT2D eigenvalue weighted by molar-refractivity contribution is 0.120. The highest BCUT2D eigenvalue weighted by molar-refractivity contribution is 14.0. The van der Waals surface area contributed by atoms with Crippen molar-refractivity contribution >= 4 is 41.5 Å². The van der Waals surface area contributed by atoms with Crippen molar-refractivity contribution in [2.45, 2.75) is 51.2 Å². The predicted octanol–water partition coefficient (Wildman–Crippen LogP) is 3.50. The van der Waals surface area contributed by atoms with Crippen LogP contribution in [0.15, 0.2) is 23.2 Å². The maximum absolute atomic E-state index is 13.7. The van der Waals surface area contributed by atoms with Crippen LogP contribution in [0.1, 0.15) is 38.2 Å². The van der Waals surface area contributed by atoms with Gasteiger partial charge in [0.25, 0.3) is 0 Å². The van der Waals surface area contributed by atoms with Gasteiger partial charge in [0.15, 0.2) is 5.96 Å². The van der Waals surface area contributed by atoms with Crippen LogP contribution in [0.4, 0.5) is 4.39 Å². The molecule has 2 rings (SSSR count). The van der Waals surface area contributed by atoms with Gasteiger partial charge in [0.05, 0.1) is 6.10 Å². The fraction of sp³-hybridized carbons (Fsp3) is 0.588. The summed E-state index contributed by atoms with van der Waals surface area (Å²) in [5.74, 6) is 0.452. The maximum Gasteiger partial charge on any atom is 0.191 e.